The third kappa shape index (κ3) is 2.05. The second-order valence-electron chi connectivity index (χ2n) is 3.42. The lowest BCUT2D eigenvalue weighted by atomic mass is 10.2. The molecule has 1 aromatic carbocycles. The number of halogens is 2. The average molecular weight is 289 g/mol. The molecular formula is C11H11BrClNO. The van der Waals surface area contributed by atoms with Gasteiger partial charge in [-0.15, -0.1) is 11.6 Å². The Balaban J connectivity index is 2.53. The largest absolute Gasteiger partial charge is 0.394 e. The second-order valence-corrected chi connectivity index (χ2v) is 4.64. The normalized spacial score (nSPS) is 13.3. The maximum Gasteiger partial charge on any atom is 0.0702 e. The zero-order valence-electron chi connectivity index (χ0n) is 8.03. The van der Waals surface area contributed by atoms with E-state index in [2.05, 4.69) is 22.0 Å². The van der Waals surface area contributed by atoms with Gasteiger partial charge in [-0.3, -0.25) is 0 Å². The van der Waals surface area contributed by atoms with Crippen LogP contribution in [0.5, 0.6) is 0 Å². The van der Waals surface area contributed by atoms with Crippen molar-refractivity contribution < 1.29 is 5.11 Å². The number of hydrogen-bond donors (Lipinski definition) is 1. The molecule has 1 aromatic heterocycles. The number of benzene rings is 1. The van der Waals surface area contributed by atoms with Crippen LogP contribution in [0.3, 0.4) is 0 Å². The fourth-order valence-corrected chi connectivity index (χ4v) is 2.29. The number of hydrogen-bond acceptors (Lipinski definition) is 1. The Hall–Kier alpha value is -0.510. The summed E-state index contributed by atoms with van der Waals surface area (Å²) < 4.78 is 3.06. The monoisotopic (exact) mass is 287 g/mol. The van der Waals surface area contributed by atoms with Gasteiger partial charge in [0, 0.05) is 27.5 Å². The fraction of sp³-hybridized carbons (Fsp3) is 0.273. The molecule has 1 heterocycles. The van der Waals surface area contributed by atoms with Crippen LogP contribution >= 0.6 is 27.5 Å². The van der Waals surface area contributed by atoms with Crippen LogP contribution < -0.4 is 0 Å². The summed E-state index contributed by atoms with van der Waals surface area (Å²) in [6, 6.07) is 8.03. The number of nitrogens with zero attached hydrogens (tertiary/aromatic N) is 1. The van der Waals surface area contributed by atoms with Gasteiger partial charge in [-0.2, -0.15) is 0 Å². The highest BCUT2D eigenvalue weighted by molar-refractivity contribution is 9.10. The van der Waals surface area contributed by atoms with Gasteiger partial charge in [0.25, 0.3) is 0 Å². The lowest BCUT2D eigenvalue weighted by molar-refractivity contribution is 0.243. The van der Waals surface area contributed by atoms with Crippen LogP contribution in [0.4, 0.5) is 0 Å². The van der Waals surface area contributed by atoms with Crippen molar-refractivity contribution in [3.8, 4) is 0 Å². The number of fused-ring (bicyclic) bond motifs is 1. The number of rotatable bonds is 3. The predicted octanol–water partition coefficient (Wildman–Crippen LogP) is 3.18. The summed E-state index contributed by atoms with van der Waals surface area (Å²) in [5.74, 6) is 0.413. The SMILES string of the molecule is OC[C@@H](CCl)n1ccc2cc(Br)ccc21. The van der Waals surface area contributed by atoms with E-state index >= 15 is 0 Å². The molecule has 0 amide bonds. The van der Waals surface area contributed by atoms with Gasteiger partial charge in [0.05, 0.1) is 12.6 Å². The minimum absolute atomic E-state index is 0.0506. The summed E-state index contributed by atoms with van der Waals surface area (Å²) in [5, 5.41) is 10.3. The quantitative estimate of drug-likeness (QED) is 0.862. The van der Waals surface area contributed by atoms with Crippen molar-refractivity contribution in [3.63, 3.8) is 0 Å². The predicted molar refractivity (Wildman–Crippen MR) is 66.5 cm³/mol. The zero-order chi connectivity index (χ0) is 10.8. The number of aliphatic hydroxyl groups is 1. The van der Waals surface area contributed by atoms with Gasteiger partial charge in [-0.05, 0) is 24.3 Å². The maximum absolute atomic E-state index is 9.20. The number of aliphatic hydroxyl groups excluding tert-OH is 1. The molecule has 0 aliphatic heterocycles. The average Bonchev–Trinajstić information content (AvgIpc) is 2.63. The molecule has 0 saturated carbocycles. The fourth-order valence-electron chi connectivity index (χ4n) is 1.66. The maximum atomic E-state index is 9.20. The molecule has 1 atom stereocenters. The molecule has 4 heteroatoms. The molecule has 2 aromatic rings. The van der Waals surface area contributed by atoms with E-state index in [0.717, 1.165) is 15.4 Å². The summed E-state index contributed by atoms with van der Waals surface area (Å²) in [7, 11) is 0. The van der Waals surface area contributed by atoms with E-state index in [4.69, 9.17) is 11.6 Å². The molecule has 0 unspecified atom stereocenters. The van der Waals surface area contributed by atoms with Gasteiger partial charge in [0.15, 0.2) is 0 Å². The molecule has 80 valence electrons. The molecule has 0 spiro atoms. The molecule has 2 nitrogen and oxygen atoms in total. The Morgan fingerprint density at radius 2 is 2.20 bits per heavy atom. The van der Waals surface area contributed by atoms with Crippen LogP contribution in [0, 0.1) is 0 Å². The molecular weight excluding hydrogens is 277 g/mol. The highest BCUT2D eigenvalue weighted by Gasteiger charge is 2.10. The highest BCUT2D eigenvalue weighted by Crippen LogP contribution is 2.24. The summed E-state index contributed by atoms with van der Waals surface area (Å²) in [4.78, 5) is 0. The lowest BCUT2D eigenvalue weighted by Gasteiger charge is -2.14. The zero-order valence-corrected chi connectivity index (χ0v) is 10.4. The van der Waals surface area contributed by atoms with Gasteiger partial charge in [-0.1, -0.05) is 15.9 Å². The van der Waals surface area contributed by atoms with E-state index in [1.54, 1.807) is 0 Å². The minimum Gasteiger partial charge on any atom is -0.394 e. The third-order valence-corrected chi connectivity index (χ3v) is 3.31. The Kier molecular flexibility index (Phi) is 3.34. The van der Waals surface area contributed by atoms with Crippen LogP contribution in [0.15, 0.2) is 34.9 Å². The van der Waals surface area contributed by atoms with E-state index in [1.165, 1.54) is 0 Å². The molecule has 0 aliphatic rings. The standard InChI is InChI=1S/C11H11BrClNO/c12-9-1-2-11-8(5-9)3-4-14(11)10(6-13)7-15/h1-5,10,15H,6-7H2/t10-/m1/s1. The van der Waals surface area contributed by atoms with Gasteiger partial charge in [0.2, 0.25) is 0 Å². The molecule has 0 radical (unpaired) electrons. The van der Waals surface area contributed by atoms with Crippen LogP contribution in [0.1, 0.15) is 6.04 Å². The first kappa shape index (κ1) is 11.0. The smallest absolute Gasteiger partial charge is 0.0702 e. The summed E-state index contributed by atoms with van der Waals surface area (Å²) >= 11 is 9.23. The first-order valence-corrected chi connectivity index (χ1v) is 6.02. The second kappa shape index (κ2) is 4.56. The van der Waals surface area contributed by atoms with Gasteiger partial charge >= 0.3 is 0 Å². The topological polar surface area (TPSA) is 25.2 Å². The van der Waals surface area contributed by atoms with Crippen molar-refractivity contribution in [3.05, 3.63) is 34.9 Å². The van der Waals surface area contributed by atoms with Crippen molar-refractivity contribution in [1.82, 2.24) is 4.57 Å². The Morgan fingerprint density at radius 1 is 1.40 bits per heavy atom. The van der Waals surface area contributed by atoms with Crippen LogP contribution in [0.25, 0.3) is 10.9 Å². The molecule has 2 rings (SSSR count). The molecule has 0 aliphatic carbocycles. The van der Waals surface area contributed by atoms with Crippen molar-refractivity contribution in [2.24, 2.45) is 0 Å². The lowest BCUT2D eigenvalue weighted by Crippen LogP contribution is -2.13. The highest BCUT2D eigenvalue weighted by atomic mass is 79.9. The Morgan fingerprint density at radius 3 is 2.87 bits per heavy atom. The molecule has 15 heavy (non-hydrogen) atoms. The molecule has 0 saturated heterocycles. The van der Waals surface area contributed by atoms with E-state index in [0.29, 0.717) is 5.88 Å². The number of aromatic nitrogens is 1. The van der Waals surface area contributed by atoms with Crippen LogP contribution in [-0.4, -0.2) is 22.2 Å². The first-order valence-electron chi connectivity index (χ1n) is 4.69. The summed E-state index contributed by atoms with van der Waals surface area (Å²) in [6.45, 7) is 0.0589. The van der Waals surface area contributed by atoms with E-state index in [1.807, 2.05) is 29.0 Å². The molecule has 0 fully saturated rings. The van der Waals surface area contributed by atoms with Crippen molar-refractivity contribution >= 4 is 38.4 Å². The Labute approximate surface area is 102 Å². The van der Waals surface area contributed by atoms with Gasteiger partial charge < -0.3 is 9.67 Å². The van der Waals surface area contributed by atoms with Crippen molar-refractivity contribution in [2.45, 2.75) is 6.04 Å². The minimum atomic E-state index is -0.0506. The van der Waals surface area contributed by atoms with E-state index in [9.17, 15) is 5.11 Å². The van der Waals surface area contributed by atoms with E-state index < -0.39 is 0 Å². The first-order chi connectivity index (χ1) is 7.26. The van der Waals surface area contributed by atoms with Crippen LogP contribution in [0.2, 0.25) is 0 Å². The number of alkyl halides is 1. The van der Waals surface area contributed by atoms with Crippen LogP contribution in [-0.2, 0) is 0 Å². The summed E-state index contributed by atoms with van der Waals surface area (Å²) in [6.07, 6.45) is 1.96. The summed E-state index contributed by atoms with van der Waals surface area (Å²) in [5.41, 5.74) is 1.10. The van der Waals surface area contributed by atoms with Gasteiger partial charge in [0.1, 0.15) is 0 Å². The third-order valence-electron chi connectivity index (χ3n) is 2.46. The van der Waals surface area contributed by atoms with E-state index in [-0.39, 0.29) is 12.6 Å². The Bertz CT molecular complexity index is 465. The van der Waals surface area contributed by atoms with Crippen molar-refractivity contribution in [2.75, 3.05) is 12.5 Å². The molecule has 0 bridgehead atoms. The van der Waals surface area contributed by atoms with Gasteiger partial charge in [-0.25, -0.2) is 0 Å². The van der Waals surface area contributed by atoms with Crippen molar-refractivity contribution in [1.29, 1.82) is 0 Å². The molecule has 1 N–H and O–H groups in total.